The highest BCUT2D eigenvalue weighted by Gasteiger charge is 2.52. The summed E-state index contributed by atoms with van der Waals surface area (Å²) in [6.45, 7) is 4.70. The summed E-state index contributed by atoms with van der Waals surface area (Å²) in [6, 6.07) is 0.384. The summed E-state index contributed by atoms with van der Waals surface area (Å²) in [6.07, 6.45) is 6.16. The largest absolute Gasteiger partial charge is 0.353 e. The summed E-state index contributed by atoms with van der Waals surface area (Å²) in [5.74, 6) is -0.515. The van der Waals surface area contributed by atoms with Gasteiger partial charge < -0.3 is 5.32 Å². The quantitative estimate of drug-likeness (QED) is 0.764. The lowest BCUT2D eigenvalue weighted by Gasteiger charge is -2.24. The molecular formula is C17H27N3O3. The Bertz CT molecular complexity index is 499. The van der Waals surface area contributed by atoms with E-state index in [-0.39, 0.29) is 24.3 Å². The van der Waals surface area contributed by atoms with Crippen LogP contribution in [0.3, 0.4) is 0 Å². The molecule has 0 radical (unpaired) electrons. The van der Waals surface area contributed by atoms with E-state index >= 15 is 0 Å². The molecule has 2 aliphatic heterocycles. The molecule has 3 aliphatic rings. The Morgan fingerprint density at radius 2 is 2.00 bits per heavy atom. The lowest BCUT2D eigenvalue weighted by molar-refractivity contribution is -0.144. The van der Waals surface area contributed by atoms with Crippen molar-refractivity contribution in [1.82, 2.24) is 15.1 Å². The summed E-state index contributed by atoms with van der Waals surface area (Å²) in [5, 5.41) is 2.91. The van der Waals surface area contributed by atoms with E-state index in [9.17, 15) is 14.4 Å². The molecule has 1 atom stereocenters. The first-order valence-corrected chi connectivity index (χ1v) is 8.91. The molecule has 3 rings (SSSR count). The average molecular weight is 321 g/mol. The number of nitrogens with one attached hydrogen (secondary N) is 1. The third kappa shape index (κ3) is 3.13. The molecule has 1 N–H and O–H groups in total. The summed E-state index contributed by atoms with van der Waals surface area (Å²) < 4.78 is 0. The topological polar surface area (TPSA) is 69.7 Å². The van der Waals surface area contributed by atoms with Gasteiger partial charge >= 0.3 is 0 Å². The number of rotatable bonds is 5. The highest BCUT2D eigenvalue weighted by molar-refractivity contribution is 6.08. The van der Waals surface area contributed by atoms with Crippen LogP contribution in [-0.4, -0.2) is 59.7 Å². The zero-order valence-electron chi connectivity index (χ0n) is 14.0. The standard InChI is InChI=1S/C17H27N3O3/c1-2-19-9-5-6-13(19)11-18-14(21)12-20-15(22)10-17(16(20)23)7-3-4-8-17/h13H,2-12H2,1H3,(H,18,21). The molecule has 0 bridgehead atoms. The number of carbonyl (C=O) groups is 3. The molecule has 2 saturated heterocycles. The van der Waals surface area contributed by atoms with Crippen LogP contribution >= 0.6 is 0 Å². The molecule has 1 unspecified atom stereocenters. The van der Waals surface area contributed by atoms with E-state index in [4.69, 9.17) is 0 Å². The number of likely N-dealkylation sites (N-methyl/N-ethyl adjacent to an activating group) is 1. The highest BCUT2D eigenvalue weighted by Crippen LogP contribution is 2.46. The highest BCUT2D eigenvalue weighted by atomic mass is 16.2. The Balaban J connectivity index is 1.52. The van der Waals surface area contributed by atoms with Crippen molar-refractivity contribution in [2.45, 2.75) is 57.9 Å². The lowest BCUT2D eigenvalue weighted by atomic mass is 9.84. The van der Waals surface area contributed by atoms with Crippen LogP contribution in [0.15, 0.2) is 0 Å². The summed E-state index contributed by atoms with van der Waals surface area (Å²) in [7, 11) is 0. The van der Waals surface area contributed by atoms with Gasteiger partial charge in [0.25, 0.3) is 0 Å². The second-order valence-electron chi connectivity index (χ2n) is 7.18. The molecule has 2 heterocycles. The molecule has 23 heavy (non-hydrogen) atoms. The molecule has 0 aromatic carbocycles. The second kappa shape index (κ2) is 6.59. The number of nitrogens with zero attached hydrogens (tertiary/aromatic N) is 2. The van der Waals surface area contributed by atoms with Crippen LogP contribution in [0.5, 0.6) is 0 Å². The van der Waals surface area contributed by atoms with Gasteiger partial charge in [0, 0.05) is 19.0 Å². The van der Waals surface area contributed by atoms with Crippen molar-refractivity contribution in [3.63, 3.8) is 0 Å². The van der Waals surface area contributed by atoms with Gasteiger partial charge in [-0.25, -0.2) is 0 Å². The number of imide groups is 1. The molecule has 6 nitrogen and oxygen atoms in total. The Hall–Kier alpha value is -1.43. The van der Waals surface area contributed by atoms with Gasteiger partial charge in [-0.2, -0.15) is 0 Å². The fourth-order valence-electron chi connectivity index (χ4n) is 4.44. The van der Waals surface area contributed by atoms with E-state index in [1.807, 2.05) is 0 Å². The van der Waals surface area contributed by atoms with E-state index in [0.29, 0.717) is 19.0 Å². The molecule has 0 aromatic rings. The first kappa shape index (κ1) is 16.4. The number of carbonyl (C=O) groups excluding carboxylic acids is 3. The lowest BCUT2D eigenvalue weighted by Crippen LogP contribution is -2.45. The minimum absolute atomic E-state index is 0.113. The smallest absolute Gasteiger partial charge is 0.240 e. The molecule has 3 fully saturated rings. The molecule has 128 valence electrons. The molecule has 6 heteroatoms. The first-order valence-electron chi connectivity index (χ1n) is 8.91. The average Bonchev–Trinajstić information content (AvgIpc) is 3.23. The fourth-order valence-corrected chi connectivity index (χ4v) is 4.44. The van der Waals surface area contributed by atoms with Gasteiger partial charge in [0.2, 0.25) is 17.7 Å². The van der Waals surface area contributed by atoms with Crippen molar-refractivity contribution in [3.8, 4) is 0 Å². The van der Waals surface area contributed by atoms with Gasteiger partial charge in [-0.15, -0.1) is 0 Å². The Morgan fingerprint density at radius 1 is 1.26 bits per heavy atom. The fraction of sp³-hybridized carbons (Fsp3) is 0.824. The normalized spacial score (nSPS) is 27.3. The monoisotopic (exact) mass is 321 g/mol. The second-order valence-corrected chi connectivity index (χ2v) is 7.18. The summed E-state index contributed by atoms with van der Waals surface area (Å²) >= 11 is 0. The first-order chi connectivity index (χ1) is 11.1. The summed E-state index contributed by atoms with van der Waals surface area (Å²) in [5.41, 5.74) is -0.484. The van der Waals surface area contributed by atoms with E-state index in [2.05, 4.69) is 17.1 Å². The molecular weight excluding hydrogens is 294 g/mol. The van der Waals surface area contributed by atoms with Crippen molar-refractivity contribution >= 4 is 17.7 Å². The number of amides is 3. The third-order valence-corrected chi connectivity index (χ3v) is 5.79. The predicted octanol–water partition coefficient (Wildman–Crippen LogP) is 0.906. The molecule has 0 aromatic heterocycles. The predicted molar refractivity (Wildman–Crippen MR) is 85.5 cm³/mol. The van der Waals surface area contributed by atoms with E-state index < -0.39 is 5.41 Å². The van der Waals surface area contributed by atoms with Crippen molar-refractivity contribution in [2.24, 2.45) is 5.41 Å². The van der Waals surface area contributed by atoms with Crippen molar-refractivity contribution in [2.75, 3.05) is 26.2 Å². The maximum Gasteiger partial charge on any atom is 0.240 e. The van der Waals surface area contributed by atoms with Gasteiger partial charge in [-0.1, -0.05) is 19.8 Å². The molecule has 1 spiro atoms. The minimum atomic E-state index is -0.484. The minimum Gasteiger partial charge on any atom is -0.353 e. The van der Waals surface area contributed by atoms with Crippen LogP contribution < -0.4 is 5.32 Å². The summed E-state index contributed by atoms with van der Waals surface area (Å²) in [4.78, 5) is 40.4. The third-order valence-electron chi connectivity index (χ3n) is 5.79. The van der Waals surface area contributed by atoms with Crippen LogP contribution in [0, 0.1) is 5.41 Å². The van der Waals surface area contributed by atoms with Gasteiger partial charge in [-0.3, -0.25) is 24.2 Å². The zero-order valence-corrected chi connectivity index (χ0v) is 14.0. The molecule has 1 aliphatic carbocycles. The number of hydrogen-bond acceptors (Lipinski definition) is 4. The maximum absolute atomic E-state index is 12.6. The van der Waals surface area contributed by atoms with Crippen molar-refractivity contribution in [1.29, 1.82) is 0 Å². The maximum atomic E-state index is 12.6. The molecule has 3 amide bonds. The Labute approximate surface area is 137 Å². The van der Waals surface area contributed by atoms with Crippen molar-refractivity contribution in [3.05, 3.63) is 0 Å². The van der Waals surface area contributed by atoms with Crippen molar-refractivity contribution < 1.29 is 14.4 Å². The Morgan fingerprint density at radius 3 is 2.70 bits per heavy atom. The van der Waals surface area contributed by atoms with Gasteiger partial charge in [0.05, 0.1) is 5.41 Å². The zero-order chi connectivity index (χ0) is 16.4. The van der Waals surface area contributed by atoms with Crippen LogP contribution in [0.4, 0.5) is 0 Å². The van der Waals surface area contributed by atoms with Crippen LogP contribution in [0.25, 0.3) is 0 Å². The van der Waals surface area contributed by atoms with Crippen LogP contribution in [-0.2, 0) is 14.4 Å². The van der Waals surface area contributed by atoms with E-state index in [1.54, 1.807) is 0 Å². The SMILES string of the molecule is CCN1CCCC1CNC(=O)CN1C(=O)CC2(CCCC2)C1=O. The van der Waals surface area contributed by atoms with Gasteiger partial charge in [-0.05, 0) is 38.8 Å². The number of hydrogen-bond donors (Lipinski definition) is 1. The van der Waals surface area contributed by atoms with Crippen LogP contribution in [0.1, 0.15) is 51.9 Å². The van der Waals surface area contributed by atoms with Gasteiger partial charge in [0.1, 0.15) is 6.54 Å². The van der Waals surface area contributed by atoms with Gasteiger partial charge in [0.15, 0.2) is 0 Å². The number of likely N-dealkylation sites (tertiary alicyclic amines) is 2. The van der Waals surface area contributed by atoms with E-state index in [0.717, 1.165) is 45.2 Å². The van der Waals surface area contributed by atoms with E-state index in [1.165, 1.54) is 11.3 Å². The van der Waals surface area contributed by atoms with Crippen LogP contribution in [0.2, 0.25) is 0 Å². The molecule has 1 saturated carbocycles. The Kier molecular flexibility index (Phi) is 4.71.